The van der Waals surface area contributed by atoms with Gasteiger partial charge in [0.1, 0.15) is 6.26 Å². The van der Waals surface area contributed by atoms with E-state index in [4.69, 9.17) is 4.52 Å². The highest BCUT2D eigenvalue weighted by atomic mass is 127. The van der Waals surface area contributed by atoms with E-state index >= 15 is 0 Å². The van der Waals surface area contributed by atoms with Crippen molar-refractivity contribution in [3.8, 4) is 0 Å². The Morgan fingerprint density at radius 1 is 1.29 bits per heavy atom. The smallest absolute Gasteiger partial charge is 0.364 e. The van der Waals surface area contributed by atoms with Gasteiger partial charge in [0.2, 0.25) is 0 Å². The largest absolute Gasteiger partial charge is 0.435 e. The maximum atomic E-state index is 13.1. The number of aromatic nitrogens is 3. The van der Waals surface area contributed by atoms with Crippen molar-refractivity contribution in [1.29, 1.82) is 0 Å². The van der Waals surface area contributed by atoms with E-state index in [1.165, 1.54) is 17.9 Å². The average Bonchev–Trinajstić information content (AvgIpc) is 3.26. The zero-order valence-electron chi connectivity index (χ0n) is 15.6. The second-order valence-electron chi connectivity index (χ2n) is 6.33. The zero-order chi connectivity index (χ0) is 19.4. The third-order valence-corrected chi connectivity index (χ3v) is 4.37. The van der Waals surface area contributed by atoms with Gasteiger partial charge in [-0.2, -0.15) is 18.3 Å². The van der Waals surface area contributed by atoms with Crippen LogP contribution in [0.15, 0.2) is 28.0 Å². The number of hydrogen-bond donors (Lipinski definition) is 1. The number of nitrogens with zero attached hydrogens (tertiary/aromatic N) is 6. The van der Waals surface area contributed by atoms with Crippen molar-refractivity contribution >= 4 is 29.9 Å². The molecule has 0 aromatic carbocycles. The number of alkyl halides is 3. The van der Waals surface area contributed by atoms with E-state index in [0.717, 1.165) is 31.9 Å². The molecule has 12 heteroatoms. The number of rotatable bonds is 4. The van der Waals surface area contributed by atoms with Crippen LogP contribution in [-0.4, -0.2) is 63.9 Å². The summed E-state index contributed by atoms with van der Waals surface area (Å²) in [6.45, 7) is 3.76. The average molecular weight is 513 g/mol. The number of nitrogens with one attached hydrogen (secondary N) is 1. The fraction of sp³-hybridized carbons (Fsp3) is 0.562. The molecule has 0 saturated carbocycles. The van der Waals surface area contributed by atoms with Crippen LogP contribution in [0, 0.1) is 0 Å². The number of piperazine rings is 1. The van der Waals surface area contributed by atoms with Crippen LogP contribution in [0.25, 0.3) is 0 Å². The molecular weight excluding hydrogens is 490 g/mol. The van der Waals surface area contributed by atoms with Crippen LogP contribution in [0.3, 0.4) is 0 Å². The maximum absolute atomic E-state index is 13.1. The monoisotopic (exact) mass is 513 g/mol. The van der Waals surface area contributed by atoms with Gasteiger partial charge in [-0.25, -0.2) is 0 Å². The minimum absolute atomic E-state index is 0. The van der Waals surface area contributed by atoms with E-state index in [2.05, 4.69) is 25.5 Å². The lowest BCUT2D eigenvalue weighted by Crippen LogP contribution is -2.52. The molecule has 0 atom stereocenters. The predicted octanol–water partition coefficient (Wildman–Crippen LogP) is 1.94. The SMILES string of the molecule is CN=C(NCc1cn(C)nc1C(F)(F)F)N1CCN(Cc2ccon2)CC1.I. The Hall–Kier alpha value is -1.83. The quantitative estimate of drug-likeness (QED) is 0.383. The number of aliphatic imine (C=N–C) groups is 1. The topological polar surface area (TPSA) is 74.7 Å². The first kappa shape index (κ1) is 22.5. The molecule has 3 rings (SSSR count). The molecule has 156 valence electrons. The predicted molar refractivity (Wildman–Crippen MR) is 107 cm³/mol. The van der Waals surface area contributed by atoms with Crippen LogP contribution >= 0.6 is 24.0 Å². The van der Waals surface area contributed by atoms with Gasteiger partial charge in [-0.1, -0.05) is 5.16 Å². The minimum atomic E-state index is -4.48. The van der Waals surface area contributed by atoms with Crippen molar-refractivity contribution in [1.82, 2.24) is 30.1 Å². The lowest BCUT2D eigenvalue weighted by molar-refractivity contribution is -0.142. The molecule has 1 saturated heterocycles. The molecule has 0 aliphatic carbocycles. The number of aryl methyl sites for hydroxylation is 1. The Kier molecular flexibility index (Phi) is 7.69. The molecule has 1 N–H and O–H groups in total. The zero-order valence-corrected chi connectivity index (χ0v) is 17.9. The Morgan fingerprint density at radius 3 is 2.57 bits per heavy atom. The van der Waals surface area contributed by atoms with Crippen molar-refractivity contribution in [2.24, 2.45) is 12.0 Å². The fourth-order valence-corrected chi connectivity index (χ4v) is 3.08. The molecule has 2 aromatic heterocycles. The summed E-state index contributed by atoms with van der Waals surface area (Å²) >= 11 is 0. The lowest BCUT2D eigenvalue weighted by Gasteiger charge is -2.36. The third-order valence-electron chi connectivity index (χ3n) is 4.37. The van der Waals surface area contributed by atoms with Crippen molar-refractivity contribution in [2.75, 3.05) is 33.2 Å². The van der Waals surface area contributed by atoms with Crippen molar-refractivity contribution in [3.05, 3.63) is 35.5 Å². The Morgan fingerprint density at radius 2 is 2.00 bits per heavy atom. The van der Waals surface area contributed by atoms with Gasteiger partial charge < -0.3 is 14.7 Å². The summed E-state index contributed by atoms with van der Waals surface area (Å²) in [7, 11) is 3.10. The third kappa shape index (κ3) is 5.59. The summed E-state index contributed by atoms with van der Waals surface area (Å²) in [5, 5.41) is 10.4. The normalized spacial score (nSPS) is 16.2. The molecule has 1 aliphatic heterocycles. The highest BCUT2D eigenvalue weighted by Gasteiger charge is 2.36. The van der Waals surface area contributed by atoms with Gasteiger partial charge in [-0.3, -0.25) is 14.6 Å². The van der Waals surface area contributed by atoms with Crippen LogP contribution in [0.4, 0.5) is 13.2 Å². The summed E-state index contributed by atoms with van der Waals surface area (Å²) in [6.07, 6.45) is -1.56. The number of guanidine groups is 1. The van der Waals surface area contributed by atoms with Crippen LogP contribution in [0.5, 0.6) is 0 Å². The summed E-state index contributed by atoms with van der Waals surface area (Å²) in [6, 6.07) is 1.83. The first-order valence-electron chi connectivity index (χ1n) is 8.53. The van der Waals surface area contributed by atoms with Crippen LogP contribution in [0.1, 0.15) is 17.0 Å². The lowest BCUT2D eigenvalue weighted by atomic mass is 10.2. The van der Waals surface area contributed by atoms with Crippen LogP contribution < -0.4 is 5.32 Å². The second kappa shape index (κ2) is 9.58. The van der Waals surface area contributed by atoms with E-state index in [-0.39, 0.29) is 36.1 Å². The van der Waals surface area contributed by atoms with Crippen molar-refractivity contribution < 1.29 is 17.7 Å². The highest BCUT2D eigenvalue weighted by molar-refractivity contribution is 14.0. The Labute approximate surface area is 177 Å². The fourth-order valence-electron chi connectivity index (χ4n) is 3.08. The van der Waals surface area contributed by atoms with E-state index in [9.17, 15) is 13.2 Å². The highest BCUT2D eigenvalue weighted by Crippen LogP contribution is 2.30. The maximum Gasteiger partial charge on any atom is 0.435 e. The number of hydrogen-bond acceptors (Lipinski definition) is 5. The first-order chi connectivity index (χ1) is 12.9. The molecule has 0 spiro atoms. The summed E-state index contributed by atoms with van der Waals surface area (Å²) < 4.78 is 45.2. The van der Waals surface area contributed by atoms with Crippen molar-refractivity contribution in [2.45, 2.75) is 19.3 Å². The molecule has 0 bridgehead atoms. The van der Waals surface area contributed by atoms with Crippen molar-refractivity contribution in [3.63, 3.8) is 0 Å². The Balaban J connectivity index is 0.00000280. The molecule has 0 unspecified atom stereocenters. The second-order valence-corrected chi connectivity index (χ2v) is 6.33. The van der Waals surface area contributed by atoms with Gasteiger partial charge in [0, 0.05) is 71.2 Å². The molecule has 1 aliphatic rings. The first-order valence-corrected chi connectivity index (χ1v) is 8.53. The van der Waals surface area contributed by atoms with E-state index in [1.54, 1.807) is 13.3 Å². The molecule has 8 nitrogen and oxygen atoms in total. The Bertz CT molecular complexity index is 768. The van der Waals surface area contributed by atoms with Gasteiger partial charge in [0.15, 0.2) is 11.7 Å². The van der Waals surface area contributed by atoms with Gasteiger partial charge in [-0.05, 0) is 0 Å². The summed E-state index contributed by atoms with van der Waals surface area (Å²) in [4.78, 5) is 8.47. The molecular formula is C16H23F3IN7O. The summed E-state index contributed by atoms with van der Waals surface area (Å²) in [5.74, 6) is 0.577. The van der Waals surface area contributed by atoms with E-state index < -0.39 is 11.9 Å². The minimum Gasteiger partial charge on any atom is -0.364 e. The van der Waals surface area contributed by atoms with E-state index in [1.807, 2.05) is 11.0 Å². The standard InChI is InChI=1S/C16H22F3N7O.HI/c1-20-15(21-9-12-10-24(2)22-14(12)16(17,18)19)26-6-4-25(5-7-26)11-13-3-8-27-23-13;/h3,8,10H,4-7,9,11H2,1-2H3,(H,20,21);1H. The number of halogens is 4. The van der Waals surface area contributed by atoms with Crippen LogP contribution in [0.2, 0.25) is 0 Å². The van der Waals surface area contributed by atoms with Crippen LogP contribution in [-0.2, 0) is 26.3 Å². The molecule has 0 radical (unpaired) electrons. The van der Waals surface area contributed by atoms with Gasteiger partial charge >= 0.3 is 6.18 Å². The molecule has 1 fully saturated rings. The molecule has 0 amide bonds. The van der Waals surface area contributed by atoms with E-state index in [0.29, 0.717) is 12.5 Å². The van der Waals surface area contributed by atoms with Gasteiger partial charge in [-0.15, -0.1) is 24.0 Å². The van der Waals surface area contributed by atoms with Gasteiger partial charge in [0.05, 0.1) is 5.69 Å². The summed E-state index contributed by atoms with van der Waals surface area (Å²) in [5.41, 5.74) is 0.100. The molecule has 28 heavy (non-hydrogen) atoms. The molecule has 3 heterocycles. The molecule has 2 aromatic rings. The van der Waals surface area contributed by atoms with Gasteiger partial charge in [0.25, 0.3) is 0 Å².